The standard InChI is InChI=1S/C7H5FINO3/c1-13-7-2-4(8)5(9)3-6(7)10(11)12/h2-3H,1H3. The van der Waals surface area contributed by atoms with Gasteiger partial charge in [0, 0.05) is 12.1 Å². The van der Waals surface area contributed by atoms with Crippen molar-refractivity contribution in [3.8, 4) is 5.75 Å². The number of nitrogens with zero attached hydrogens (tertiary/aromatic N) is 1. The first-order valence-electron chi connectivity index (χ1n) is 3.23. The summed E-state index contributed by atoms with van der Waals surface area (Å²) in [5, 5.41) is 10.4. The lowest BCUT2D eigenvalue weighted by molar-refractivity contribution is -0.385. The molecule has 4 nitrogen and oxygen atoms in total. The first kappa shape index (κ1) is 10.2. The van der Waals surface area contributed by atoms with E-state index in [1.807, 2.05) is 0 Å². The van der Waals surface area contributed by atoms with Crippen molar-refractivity contribution in [2.75, 3.05) is 7.11 Å². The third-order valence-electron chi connectivity index (χ3n) is 1.42. The average Bonchev–Trinajstić information content (AvgIpc) is 2.08. The Kier molecular flexibility index (Phi) is 3.02. The van der Waals surface area contributed by atoms with Crippen molar-refractivity contribution in [3.05, 3.63) is 31.6 Å². The quantitative estimate of drug-likeness (QED) is 0.478. The van der Waals surface area contributed by atoms with Crippen LogP contribution in [0.3, 0.4) is 0 Å². The van der Waals surface area contributed by atoms with Crippen LogP contribution in [0.25, 0.3) is 0 Å². The van der Waals surface area contributed by atoms with E-state index in [0.29, 0.717) is 0 Å². The zero-order chi connectivity index (χ0) is 10.0. The van der Waals surface area contributed by atoms with Crippen molar-refractivity contribution in [2.24, 2.45) is 0 Å². The van der Waals surface area contributed by atoms with E-state index in [9.17, 15) is 14.5 Å². The summed E-state index contributed by atoms with van der Waals surface area (Å²) in [5.41, 5.74) is -0.228. The molecule has 0 unspecified atom stereocenters. The summed E-state index contributed by atoms with van der Waals surface area (Å²) in [5.74, 6) is -0.592. The van der Waals surface area contributed by atoms with Crippen LogP contribution >= 0.6 is 22.6 Å². The van der Waals surface area contributed by atoms with E-state index >= 15 is 0 Å². The molecule has 0 fully saturated rings. The number of nitro groups is 1. The van der Waals surface area contributed by atoms with Gasteiger partial charge in [-0.3, -0.25) is 10.1 Å². The second kappa shape index (κ2) is 3.86. The highest BCUT2D eigenvalue weighted by atomic mass is 127. The lowest BCUT2D eigenvalue weighted by Crippen LogP contribution is -1.96. The molecule has 0 heterocycles. The first-order valence-corrected chi connectivity index (χ1v) is 4.31. The lowest BCUT2D eigenvalue weighted by atomic mass is 10.3. The Labute approximate surface area is 87.0 Å². The van der Waals surface area contributed by atoms with E-state index in [1.165, 1.54) is 7.11 Å². The molecule has 1 aromatic carbocycles. The number of hydrogen-bond donors (Lipinski definition) is 0. The van der Waals surface area contributed by atoms with Gasteiger partial charge in [0.1, 0.15) is 5.82 Å². The minimum atomic E-state index is -0.611. The highest BCUT2D eigenvalue weighted by Gasteiger charge is 2.17. The van der Waals surface area contributed by atoms with Crippen LogP contribution in [-0.2, 0) is 0 Å². The van der Waals surface area contributed by atoms with Crippen molar-refractivity contribution < 1.29 is 14.1 Å². The molecule has 13 heavy (non-hydrogen) atoms. The molecule has 0 aromatic heterocycles. The van der Waals surface area contributed by atoms with Crippen molar-refractivity contribution >= 4 is 28.3 Å². The molecule has 0 saturated heterocycles. The Hall–Kier alpha value is -0.920. The number of halogens is 2. The largest absolute Gasteiger partial charge is 0.490 e. The fraction of sp³-hybridized carbons (Fsp3) is 0.143. The van der Waals surface area contributed by atoms with E-state index in [2.05, 4.69) is 4.74 Å². The summed E-state index contributed by atoms with van der Waals surface area (Å²) >= 11 is 1.68. The number of nitro benzene ring substituents is 1. The third kappa shape index (κ3) is 2.06. The van der Waals surface area contributed by atoms with Gasteiger partial charge in [-0.05, 0) is 22.6 Å². The predicted molar refractivity (Wildman–Crippen MR) is 52.3 cm³/mol. The molecule has 0 N–H and O–H groups in total. The van der Waals surface area contributed by atoms with E-state index in [4.69, 9.17) is 0 Å². The van der Waals surface area contributed by atoms with Crippen LogP contribution in [0.15, 0.2) is 12.1 Å². The van der Waals surface area contributed by atoms with Gasteiger partial charge in [-0.25, -0.2) is 4.39 Å². The topological polar surface area (TPSA) is 52.4 Å². The monoisotopic (exact) mass is 297 g/mol. The zero-order valence-electron chi connectivity index (χ0n) is 6.58. The Bertz CT molecular complexity index is 356. The van der Waals surface area contributed by atoms with Gasteiger partial charge in [-0.1, -0.05) is 0 Å². The van der Waals surface area contributed by atoms with E-state index in [1.54, 1.807) is 22.6 Å². The Morgan fingerprint density at radius 3 is 2.69 bits per heavy atom. The number of hydrogen-bond acceptors (Lipinski definition) is 3. The van der Waals surface area contributed by atoms with Gasteiger partial charge in [-0.15, -0.1) is 0 Å². The zero-order valence-corrected chi connectivity index (χ0v) is 8.74. The number of benzene rings is 1. The molecule has 0 aliphatic carbocycles. The summed E-state index contributed by atoms with van der Waals surface area (Å²) in [7, 11) is 1.26. The van der Waals surface area contributed by atoms with Gasteiger partial charge in [0.15, 0.2) is 5.75 Å². The fourth-order valence-electron chi connectivity index (χ4n) is 0.824. The second-order valence-electron chi connectivity index (χ2n) is 2.20. The minimum Gasteiger partial charge on any atom is -0.490 e. The molecular weight excluding hydrogens is 292 g/mol. The fourth-order valence-corrected chi connectivity index (χ4v) is 1.27. The van der Waals surface area contributed by atoms with Gasteiger partial charge in [0.2, 0.25) is 0 Å². The Morgan fingerprint density at radius 1 is 1.62 bits per heavy atom. The van der Waals surface area contributed by atoms with Gasteiger partial charge >= 0.3 is 5.69 Å². The van der Waals surface area contributed by atoms with Gasteiger partial charge < -0.3 is 4.74 Å². The highest BCUT2D eigenvalue weighted by molar-refractivity contribution is 14.1. The molecule has 1 rings (SSSR count). The molecular formula is C7H5FINO3. The molecule has 6 heteroatoms. The van der Waals surface area contributed by atoms with Gasteiger partial charge in [0.25, 0.3) is 0 Å². The summed E-state index contributed by atoms with van der Waals surface area (Å²) in [6.45, 7) is 0. The summed E-state index contributed by atoms with van der Waals surface area (Å²) in [6, 6.07) is 2.13. The van der Waals surface area contributed by atoms with Crippen LogP contribution in [-0.4, -0.2) is 12.0 Å². The van der Waals surface area contributed by atoms with Crippen LogP contribution in [0.1, 0.15) is 0 Å². The normalized spacial score (nSPS) is 9.77. The summed E-state index contributed by atoms with van der Waals surface area (Å²) in [6.07, 6.45) is 0. The van der Waals surface area contributed by atoms with Gasteiger partial charge in [-0.2, -0.15) is 0 Å². The molecule has 0 radical (unpaired) electrons. The predicted octanol–water partition coefficient (Wildman–Crippen LogP) is 2.35. The van der Waals surface area contributed by atoms with Crippen molar-refractivity contribution in [3.63, 3.8) is 0 Å². The maximum atomic E-state index is 12.9. The van der Waals surface area contributed by atoms with Crippen LogP contribution in [0, 0.1) is 19.5 Å². The average molecular weight is 297 g/mol. The van der Waals surface area contributed by atoms with Crippen molar-refractivity contribution in [1.29, 1.82) is 0 Å². The van der Waals surface area contributed by atoms with Crippen LogP contribution in [0.4, 0.5) is 10.1 Å². The number of ether oxygens (including phenoxy) is 1. The smallest absolute Gasteiger partial charge is 0.312 e. The molecule has 1 aromatic rings. The Balaban J connectivity index is 3.33. The summed E-state index contributed by atoms with van der Waals surface area (Å²) in [4.78, 5) is 9.83. The maximum absolute atomic E-state index is 12.9. The SMILES string of the molecule is COc1cc(F)c(I)cc1[N+](=O)[O-]. The molecule has 0 spiro atoms. The van der Waals surface area contributed by atoms with Crippen LogP contribution < -0.4 is 4.74 Å². The van der Waals surface area contributed by atoms with Crippen molar-refractivity contribution in [1.82, 2.24) is 0 Å². The number of rotatable bonds is 2. The molecule has 0 aliphatic heterocycles. The second-order valence-corrected chi connectivity index (χ2v) is 3.36. The van der Waals surface area contributed by atoms with Crippen LogP contribution in [0.2, 0.25) is 0 Å². The van der Waals surface area contributed by atoms with E-state index in [0.717, 1.165) is 12.1 Å². The van der Waals surface area contributed by atoms with E-state index < -0.39 is 10.7 Å². The van der Waals surface area contributed by atoms with Gasteiger partial charge in [0.05, 0.1) is 15.6 Å². The first-order chi connectivity index (χ1) is 6.06. The molecule has 70 valence electrons. The number of methoxy groups -OCH3 is 1. The molecule has 0 atom stereocenters. The van der Waals surface area contributed by atoms with E-state index in [-0.39, 0.29) is 15.0 Å². The molecule has 0 bridgehead atoms. The maximum Gasteiger partial charge on any atom is 0.312 e. The molecule has 0 saturated carbocycles. The highest BCUT2D eigenvalue weighted by Crippen LogP contribution is 2.30. The van der Waals surface area contributed by atoms with Crippen molar-refractivity contribution in [2.45, 2.75) is 0 Å². The summed E-state index contributed by atoms with van der Waals surface area (Å²) < 4.78 is 17.8. The molecule has 0 amide bonds. The molecule has 0 aliphatic rings. The van der Waals surface area contributed by atoms with Crippen LogP contribution in [0.5, 0.6) is 5.75 Å². The minimum absolute atomic E-state index is 0.0667. The third-order valence-corrected chi connectivity index (χ3v) is 2.25. The lowest BCUT2D eigenvalue weighted by Gasteiger charge is -2.02. The Morgan fingerprint density at radius 2 is 2.23 bits per heavy atom.